The summed E-state index contributed by atoms with van der Waals surface area (Å²) in [6.45, 7) is 1.88. The number of carboxylic acid groups (broad SMARTS) is 2. The third kappa shape index (κ3) is 5.23. The molecule has 3 N–H and O–H groups in total. The number of aliphatic carboxylic acids is 2. The average molecular weight is 318 g/mol. The van der Waals surface area contributed by atoms with Crippen LogP contribution in [0.1, 0.15) is 12.8 Å². The number of nitrogens with zero attached hydrogens (tertiary/aromatic N) is 1. The lowest BCUT2D eigenvalue weighted by Crippen LogP contribution is -2.28. The van der Waals surface area contributed by atoms with Crippen LogP contribution >= 0.6 is 0 Å². The fourth-order valence-corrected chi connectivity index (χ4v) is 2.24. The molecule has 0 saturated carbocycles. The van der Waals surface area contributed by atoms with Gasteiger partial charge in [-0.2, -0.15) is 0 Å². The Morgan fingerprint density at radius 2 is 2.04 bits per heavy atom. The van der Waals surface area contributed by atoms with Gasteiger partial charge in [0.05, 0.1) is 5.52 Å². The maximum absolute atomic E-state index is 9.10. The molecule has 1 aromatic heterocycles. The van der Waals surface area contributed by atoms with E-state index >= 15 is 0 Å². The van der Waals surface area contributed by atoms with Gasteiger partial charge in [0.25, 0.3) is 0 Å². The molecular weight excluding hydrogens is 300 g/mol. The van der Waals surface area contributed by atoms with Gasteiger partial charge in [0.2, 0.25) is 0 Å². The van der Waals surface area contributed by atoms with Gasteiger partial charge in [-0.1, -0.05) is 6.07 Å². The molecule has 1 fully saturated rings. The van der Waals surface area contributed by atoms with E-state index < -0.39 is 11.9 Å². The summed E-state index contributed by atoms with van der Waals surface area (Å²) in [5.41, 5.74) is 1.01. The number of rotatable bonds is 3. The van der Waals surface area contributed by atoms with E-state index in [2.05, 4.69) is 22.4 Å². The number of fused-ring (bicyclic) bond motifs is 1. The number of carbonyl (C=O) groups is 2. The van der Waals surface area contributed by atoms with Crippen molar-refractivity contribution in [1.29, 1.82) is 0 Å². The van der Waals surface area contributed by atoms with Gasteiger partial charge < -0.3 is 20.3 Å². The van der Waals surface area contributed by atoms with Crippen molar-refractivity contribution in [2.75, 3.05) is 13.2 Å². The van der Waals surface area contributed by atoms with Gasteiger partial charge in [0.15, 0.2) is 0 Å². The molecule has 23 heavy (non-hydrogen) atoms. The van der Waals surface area contributed by atoms with Crippen LogP contribution in [0, 0.1) is 0 Å². The molecule has 0 radical (unpaired) electrons. The van der Waals surface area contributed by atoms with Crippen LogP contribution in [0.2, 0.25) is 0 Å². The van der Waals surface area contributed by atoms with Gasteiger partial charge >= 0.3 is 11.9 Å². The number of pyridine rings is 1. The van der Waals surface area contributed by atoms with Gasteiger partial charge in [-0.15, -0.1) is 0 Å². The minimum absolute atomic E-state index is 0.514. The van der Waals surface area contributed by atoms with Crippen LogP contribution in [-0.2, 0) is 9.59 Å². The number of hydrogen-bond donors (Lipinski definition) is 3. The van der Waals surface area contributed by atoms with E-state index in [1.165, 1.54) is 12.8 Å². The van der Waals surface area contributed by atoms with E-state index in [4.69, 9.17) is 24.5 Å². The zero-order chi connectivity index (χ0) is 16.7. The number of hydrogen-bond acceptors (Lipinski definition) is 5. The normalized spacial score (nSPS) is 16.4. The van der Waals surface area contributed by atoms with Crippen molar-refractivity contribution in [1.82, 2.24) is 10.3 Å². The lowest BCUT2D eigenvalue weighted by atomic mass is 10.2. The molecule has 3 rings (SSSR count). The number of ether oxygens (including phenoxy) is 1. The minimum Gasteiger partial charge on any atom is -0.492 e. The smallest absolute Gasteiger partial charge is 0.414 e. The Labute approximate surface area is 132 Å². The second kappa shape index (κ2) is 8.09. The summed E-state index contributed by atoms with van der Waals surface area (Å²) >= 11 is 0. The Bertz CT molecular complexity index is 671. The summed E-state index contributed by atoms with van der Waals surface area (Å²) < 4.78 is 5.81. The van der Waals surface area contributed by atoms with Crippen molar-refractivity contribution in [3.8, 4) is 5.75 Å². The zero-order valence-corrected chi connectivity index (χ0v) is 12.4. The highest BCUT2D eigenvalue weighted by atomic mass is 16.5. The standard InChI is InChI=1S/C14H16N2O.C2H2O4/c1-3-11-9-13(5-6-14(11)16-8-1)17-10-12-4-2-7-15-12;3-1(4)2(5)6/h1,3,5-6,8-9,12,15H,2,4,7,10H2;(H,3,4)(H,5,6)/t12-;/m0./s1. The first-order valence-electron chi connectivity index (χ1n) is 7.23. The maximum atomic E-state index is 9.10. The van der Waals surface area contributed by atoms with E-state index in [1.54, 1.807) is 0 Å². The first kappa shape index (κ1) is 16.7. The van der Waals surface area contributed by atoms with Crippen LogP contribution in [0.15, 0.2) is 36.5 Å². The highest BCUT2D eigenvalue weighted by Crippen LogP contribution is 2.19. The molecular formula is C16H18N2O5. The molecule has 1 aliphatic rings. The molecule has 1 aliphatic heterocycles. The van der Waals surface area contributed by atoms with E-state index in [-0.39, 0.29) is 0 Å². The summed E-state index contributed by atoms with van der Waals surface area (Å²) in [5.74, 6) is -2.72. The fraction of sp³-hybridized carbons (Fsp3) is 0.312. The van der Waals surface area contributed by atoms with E-state index in [9.17, 15) is 0 Å². The summed E-state index contributed by atoms with van der Waals surface area (Å²) in [7, 11) is 0. The Morgan fingerprint density at radius 1 is 1.26 bits per heavy atom. The molecule has 0 amide bonds. The molecule has 0 unspecified atom stereocenters. The first-order valence-corrected chi connectivity index (χ1v) is 7.23. The number of carboxylic acids is 2. The Hall–Kier alpha value is -2.67. The quantitative estimate of drug-likeness (QED) is 0.736. The monoisotopic (exact) mass is 318 g/mol. The highest BCUT2D eigenvalue weighted by molar-refractivity contribution is 6.27. The first-order chi connectivity index (χ1) is 11.1. The minimum atomic E-state index is -1.82. The SMILES string of the molecule is O=C(O)C(=O)O.c1cnc2ccc(OC[C@@H]3CCCN3)cc2c1. The van der Waals surface area contributed by atoms with Gasteiger partial charge in [-0.25, -0.2) is 9.59 Å². The van der Waals surface area contributed by atoms with Gasteiger partial charge in [-0.05, 0) is 43.7 Å². The summed E-state index contributed by atoms with van der Waals surface area (Å²) in [5, 5.41) is 19.3. The molecule has 2 aromatic rings. The molecule has 2 heterocycles. The third-order valence-corrected chi connectivity index (χ3v) is 3.37. The molecule has 7 heteroatoms. The second-order valence-electron chi connectivity index (χ2n) is 5.07. The molecule has 1 saturated heterocycles. The number of benzene rings is 1. The molecule has 0 bridgehead atoms. The van der Waals surface area contributed by atoms with Crippen molar-refractivity contribution in [3.05, 3.63) is 36.5 Å². The summed E-state index contributed by atoms with van der Waals surface area (Å²) in [6, 6.07) is 10.6. The van der Waals surface area contributed by atoms with Crippen LogP contribution < -0.4 is 10.1 Å². The molecule has 0 aliphatic carbocycles. The van der Waals surface area contributed by atoms with Crippen LogP contribution in [-0.4, -0.2) is 46.3 Å². The molecule has 0 spiro atoms. The Morgan fingerprint density at radius 3 is 2.70 bits per heavy atom. The summed E-state index contributed by atoms with van der Waals surface area (Å²) in [6.07, 6.45) is 4.29. The van der Waals surface area contributed by atoms with Crippen LogP contribution in [0.25, 0.3) is 10.9 Å². The van der Waals surface area contributed by atoms with Crippen LogP contribution in [0.3, 0.4) is 0 Å². The average Bonchev–Trinajstić information content (AvgIpc) is 3.06. The van der Waals surface area contributed by atoms with Crippen molar-refractivity contribution in [2.24, 2.45) is 0 Å². The third-order valence-electron chi connectivity index (χ3n) is 3.37. The van der Waals surface area contributed by atoms with Gasteiger partial charge in [0.1, 0.15) is 12.4 Å². The predicted octanol–water partition coefficient (Wildman–Crippen LogP) is 1.52. The van der Waals surface area contributed by atoms with Gasteiger partial charge in [0, 0.05) is 17.6 Å². The fourth-order valence-electron chi connectivity index (χ4n) is 2.24. The topological polar surface area (TPSA) is 109 Å². The Kier molecular flexibility index (Phi) is 5.87. The molecule has 1 aromatic carbocycles. The largest absolute Gasteiger partial charge is 0.492 e. The predicted molar refractivity (Wildman–Crippen MR) is 83.5 cm³/mol. The lowest BCUT2D eigenvalue weighted by Gasteiger charge is -2.12. The van der Waals surface area contributed by atoms with Crippen molar-refractivity contribution in [3.63, 3.8) is 0 Å². The number of aromatic nitrogens is 1. The van der Waals surface area contributed by atoms with Gasteiger partial charge in [-0.3, -0.25) is 4.98 Å². The van der Waals surface area contributed by atoms with E-state index in [1.807, 2.05) is 24.4 Å². The van der Waals surface area contributed by atoms with E-state index in [0.29, 0.717) is 6.04 Å². The molecule has 1 atom stereocenters. The van der Waals surface area contributed by atoms with Crippen molar-refractivity contribution < 1.29 is 24.5 Å². The maximum Gasteiger partial charge on any atom is 0.414 e. The van der Waals surface area contributed by atoms with Crippen molar-refractivity contribution in [2.45, 2.75) is 18.9 Å². The van der Waals surface area contributed by atoms with Crippen molar-refractivity contribution >= 4 is 22.8 Å². The lowest BCUT2D eigenvalue weighted by molar-refractivity contribution is -0.159. The molecule has 122 valence electrons. The highest BCUT2D eigenvalue weighted by Gasteiger charge is 2.14. The van der Waals surface area contributed by atoms with Crippen LogP contribution in [0.4, 0.5) is 0 Å². The summed E-state index contributed by atoms with van der Waals surface area (Å²) in [4.78, 5) is 22.5. The number of nitrogens with one attached hydrogen (secondary N) is 1. The molecule has 7 nitrogen and oxygen atoms in total. The van der Waals surface area contributed by atoms with E-state index in [0.717, 1.165) is 29.8 Å². The Balaban J connectivity index is 0.000000277. The van der Waals surface area contributed by atoms with Crippen LogP contribution in [0.5, 0.6) is 5.75 Å². The zero-order valence-electron chi connectivity index (χ0n) is 12.4. The second-order valence-corrected chi connectivity index (χ2v) is 5.07.